The van der Waals surface area contributed by atoms with Crippen LogP contribution in [0, 0.1) is 0 Å². The molecule has 0 bridgehead atoms. The molecule has 1 aliphatic heterocycles. The Bertz CT molecular complexity index is 2270. The molecule has 1 amide bonds. The van der Waals surface area contributed by atoms with Crippen LogP contribution in [0.5, 0.6) is 5.75 Å². The largest absolute Gasteiger partial charge is 0.495 e. The summed E-state index contributed by atoms with van der Waals surface area (Å²) in [7, 11) is -1.35. The molecule has 262 valence electrons. The Balaban J connectivity index is 1.13. The molecule has 2 aromatic carbocycles. The van der Waals surface area contributed by atoms with Crippen molar-refractivity contribution in [2.75, 3.05) is 67.4 Å². The second-order valence-electron chi connectivity index (χ2n) is 12.4. The van der Waals surface area contributed by atoms with E-state index in [1.54, 1.807) is 24.6 Å². The van der Waals surface area contributed by atoms with Gasteiger partial charge in [-0.15, -0.1) is 11.3 Å². The summed E-state index contributed by atoms with van der Waals surface area (Å²) in [5.41, 5.74) is 6.40. The maximum absolute atomic E-state index is 12.8. The second-order valence-corrected chi connectivity index (χ2v) is 15.7. The van der Waals surface area contributed by atoms with E-state index in [2.05, 4.69) is 25.4 Å². The number of nitrogens with zero attached hydrogens (tertiary/aromatic N) is 6. The van der Waals surface area contributed by atoms with Gasteiger partial charge in [-0.25, -0.2) is 22.9 Å². The Morgan fingerprint density at radius 1 is 0.961 bits per heavy atom. The van der Waals surface area contributed by atoms with Gasteiger partial charge < -0.3 is 20.3 Å². The zero-order valence-corrected chi connectivity index (χ0v) is 30.0. The number of fused-ring (bicyclic) bond motifs is 1. The van der Waals surface area contributed by atoms with Crippen LogP contribution in [-0.4, -0.2) is 90.6 Å². The van der Waals surface area contributed by atoms with Gasteiger partial charge in [0, 0.05) is 73.2 Å². The number of ether oxygens (including phenoxy) is 1. The molecule has 0 aliphatic carbocycles. The average Bonchev–Trinajstić information content (AvgIpc) is 3.79. The van der Waals surface area contributed by atoms with E-state index in [0.717, 1.165) is 70.5 Å². The van der Waals surface area contributed by atoms with Crippen LogP contribution in [0.1, 0.15) is 4.88 Å². The van der Waals surface area contributed by atoms with Crippen LogP contribution >= 0.6 is 11.3 Å². The van der Waals surface area contributed by atoms with Gasteiger partial charge in [0.1, 0.15) is 21.3 Å². The first-order valence-electron chi connectivity index (χ1n) is 16.6. The van der Waals surface area contributed by atoms with Gasteiger partial charge in [0.05, 0.1) is 41.7 Å². The third-order valence-electron chi connectivity index (χ3n) is 8.71. The third kappa shape index (κ3) is 8.20. The van der Waals surface area contributed by atoms with Gasteiger partial charge in [-0.3, -0.25) is 9.69 Å². The minimum Gasteiger partial charge on any atom is -0.495 e. The fourth-order valence-corrected chi connectivity index (χ4v) is 7.48. The van der Waals surface area contributed by atoms with Crippen molar-refractivity contribution >= 4 is 55.6 Å². The van der Waals surface area contributed by atoms with Crippen LogP contribution in [0.3, 0.4) is 0 Å². The van der Waals surface area contributed by atoms with E-state index < -0.39 is 9.84 Å². The molecule has 0 spiro atoms. The SMILES string of the molecule is COc1ccc(Nc2nccc(-c3c(-c4cccc(NC(=O)Cc5cccs5)c4)nn4ccccc34)n2)cc1N1CCN(CCS(C)(=O)=O)CC1. The molecule has 0 saturated carbocycles. The predicted octanol–water partition coefficient (Wildman–Crippen LogP) is 5.62. The minimum absolute atomic E-state index is 0.0788. The van der Waals surface area contributed by atoms with Crippen molar-refractivity contribution in [2.24, 2.45) is 0 Å². The highest BCUT2D eigenvalue weighted by Gasteiger charge is 2.22. The quantitative estimate of drug-likeness (QED) is 0.164. The first kappa shape index (κ1) is 34.2. The second kappa shape index (κ2) is 14.9. The summed E-state index contributed by atoms with van der Waals surface area (Å²) >= 11 is 1.56. The Kier molecular flexibility index (Phi) is 9.97. The normalized spacial score (nSPS) is 13.7. The lowest BCUT2D eigenvalue weighted by molar-refractivity contribution is -0.115. The molecule has 14 heteroatoms. The zero-order chi connectivity index (χ0) is 35.4. The third-order valence-corrected chi connectivity index (χ3v) is 10.5. The highest BCUT2D eigenvalue weighted by atomic mass is 32.2. The van der Waals surface area contributed by atoms with Gasteiger partial charge in [0.25, 0.3) is 0 Å². The average molecular weight is 723 g/mol. The first-order valence-corrected chi connectivity index (χ1v) is 19.5. The molecular weight excluding hydrogens is 685 g/mol. The van der Waals surface area contributed by atoms with E-state index in [1.807, 2.05) is 95.0 Å². The van der Waals surface area contributed by atoms with E-state index in [4.69, 9.17) is 14.8 Å². The highest BCUT2D eigenvalue weighted by Crippen LogP contribution is 2.36. The van der Waals surface area contributed by atoms with Crippen molar-refractivity contribution in [3.05, 3.63) is 102 Å². The molecule has 51 heavy (non-hydrogen) atoms. The summed E-state index contributed by atoms with van der Waals surface area (Å²) in [5.74, 6) is 1.25. The molecule has 1 saturated heterocycles. The number of pyridine rings is 1. The number of thiophene rings is 1. The maximum atomic E-state index is 12.8. The summed E-state index contributed by atoms with van der Waals surface area (Å²) in [6.45, 7) is 3.53. The van der Waals surface area contributed by atoms with Crippen LogP contribution in [-0.2, 0) is 21.1 Å². The molecule has 1 aliphatic rings. The lowest BCUT2D eigenvalue weighted by Gasteiger charge is -2.36. The van der Waals surface area contributed by atoms with E-state index in [9.17, 15) is 13.2 Å². The van der Waals surface area contributed by atoms with E-state index in [0.29, 0.717) is 30.3 Å². The van der Waals surface area contributed by atoms with Crippen molar-refractivity contribution in [3.63, 3.8) is 0 Å². The number of piperazine rings is 1. The van der Waals surface area contributed by atoms with Crippen LogP contribution in [0.15, 0.2) is 96.6 Å². The van der Waals surface area contributed by atoms with Gasteiger partial charge in [-0.2, -0.15) is 5.10 Å². The predicted molar refractivity (Wildman–Crippen MR) is 203 cm³/mol. The molecule has 0 radical (unpaired) electrons. The molecule has 0 atom stereocenters. The lowest BCUT2D eigenvalue weighted by Crippen LogP contribution is -2.47. The van der Waals surface area contributed by atoms with Gasteiger partial charge in [-0.05, 0) is 60.0 Å². The summed E-state index contributed by atoms with van der Waals surface area (Å²) < 4.78 is 30.9. The number of hydrogen-bond acceptors (Lipinski definition) is 11. The molecule has 4 aromatic heterocycles. The summed E-state index contributed by atoms with van der Waals surface area (Å²) in [5, 5.41) is 13.3. The van der Waals surface area contributed by atoms with Crippen LogP contribution in [0.4, 0.5) is 23.0 Å². The number of anilines is 4. The Hall–Kier alpha value is -5.31. The number of amides is 1. The number of sulfone groups is 1. The van der Waals surface area contributed by atoms with Crippen molar-refractivity contribution in [3.8, 4) is 28.3 Å². The van der Waals surface area contributed by atoms with Crippen molar-refractivity contribution < 1.29 is 17.9 Å². The van der Waals surface area contributed by atoms with Crippen molar-refractivity contribution in [1.29, 1.82) is 0 Å². The molecule has 6 aromatic rings. The standard InChI is InChI=1S/C37H38N8O4S2/c1-49-33-12-11-28(24-32(33)44-18-16-43(17-19-44)20-22-51(2,47)48)40-37-38-14-13-30(41-37)35-31-10-3-4-15-45(31)42-36(35)26-7-5-8-27(23-26)39-34(46)25-29-9-6-21-50-29/h3-15,21,23-24H,16-20,22,25H2,1-2H3,(H,39,46)(H,38,40,41). The van der Waals surface area contributed by atoms with E-state index >= 15 is 0 Å². The van der Waals surface area contributed by atoms with E-state index in [-0.39, 0.29) is 11.7 Å². The number of methoxy groups -OCH3 is 1. The molecular formula is C37H38N8O4S2. The van der Waals surface area contributed by atoms with Gasteiger partial charge in [-0.1, -0.05) is 24.3 Å². The Labute approximate surface area is 300 Å². The maximum Gasteiger partial charge on any atom is 0.229 e. The number of rotatable bonds is 12. The van der Waals surface area contributed by atoms with Crippen LogP contribution in [0.2, 0.25) is 0 Å². The number of nitrogens with one attached hydrogen (secondary N) is 2. The monoisotopic (exact) mass is 722 g/mol. The Morgan fingerprint density at radius 2 is 1.82 bits per heavy atom. The van der Waals surface area contributed by atoms with Crippen LogP contribution < -0.4 is 20.3 Å². The number of aromatic nitrogens is 4. The van der Waals surface area contributed by atoms with Crippen LogP contribution in [0.25, 0.3) is 28.0 Å². The summed E-state index contributed by atoms with van der Waals surface area (Å²) in [4.78, 5) is 27.7. The Morgan fingerprint density at radius 3 is 2.61 bits per heavy atom. The topological polar surface area (TPSA) is 134 Å². The number of carbonyl (C=O) groups excluding carboxylic acids is 1. The fraction of sp³-hybridized carbons (Fsp3) is 0.243. The lowest BCUT2D eigenvalue weighted by atomic mass is 10.0. The van der Waals surface area contributed by atoms with Crippen molar-refractivity contribution in [2.45, 2.75) is 6.42 Å². The number of hydrogen-bond donors (Lipinski definition) is 2. The summed E-state index contributed by atoms with van der Waals surface area (Å²) in [6, 6.07) is 25.2. The van der Waals surface area contributed by atoms with Gasteiger partial charge in [0.2, 0.25) is 11.9 Å². The smallest absolute Gasteiger partial charge is 0.229 e. The highest BCUT2D eigenvalue weighted by molar-refractivity contribution is 7.90. The molecule has 2 N–H and O–H groups in total. The summed E-state index contributed by atoms with van der Waals surface area (Å²) in [6.07, 6.45) is 5.22. The van der Waals surface area contributed by atoms with Gasteiger partial charge in [0.15, 0.2) is 0 Å². The van der Waals surface area contributed by atoms with E-state index in [1.165, 1.54) is 6.26 Å². The molecule has 7 rings (SSSR count). The number of benzene rings is 2. The van der Waals surface area contributed by atoms with Gasteiger partial charge >= 0.3 is 0 Å². The van der Waals surface area contributed by atoms with Crippen molar-refractivity contribution in [1.82, 2.24) is 24.5 Å². The fourth-order valence-electron chi connectivity index (χ4n) is 6.18. The minimum atomic E-state index is -3.01. The molecule has 0 unspecified atom stereocenters. The molecule has 5 heterocycles. The zero-order valence-electron chi connectivity index (χ0n) is 28.3. The number of carbonyl (C=O) groups is 1. The molecule has 1 fully saturated rings. The first-order chi connectivity index (χ1) is 24.7. The molecule has 12 nitrogen and oxygen atoms in total.